The third-order valence-corrected chi connectivity index (χ3v) is 1.48. The molecule has 0 bridgehead atoms. The van der Waals surface area contributed by atoms with Gasteiger partial charge in [0.1, 0.15) is 18.2 Å². The second-order valence-corrected chi connectivity index (χ2v) is 2.51. The molecule has 1 aromatic rings. The molecule has 0 radical (unpaired) electrons. The van der Waals surface area contributed by atoms with Gasteiger partial charge in [-0.15, -0.1) is 0 Å². The van der Waals surface area contributed by atoms with Gasteiger partial charge in [0, 0.05) is 0 Å². The number of nitrogens with two attached hydrogens (primary N) is 1. The molecule has 0 saturated carbocycles. The van der Waals surface area contributed by atoms with Crippen molar-refractivity contribution in [1.82, 2.24) is 9.97 Å². The van der Waals surface area contributed by atoms with Gasteiger partial charge in [-0.3, -0.25) is 4.79 Å². The van der Waals surface area contributed by atoms with Gasteiger partial charge in [0.2, 0.25) is 0 Å². The maximum absolute atomic E-state index is 10.7. The Bertz CT molecular complexity index is 307. The number of nitrogens with one attached hydrogen (secondary N) is 2. The number of anilines is 2. The fourth-order valence-electron chi connectivity index (χ4n) is 0.873. The summed E-state index contributed by atoms with van der Waals surface area (Å²) in [7, 11) is 1.32. The predicted octanol–water partition coefficient (Wildman–Crippen LogP) is -0.115. The molecule has 1 aromatic heterocycles. The molecule has 6 nitrogen and oxygen atoms in total. The first kappa shape index (κ1) is 9.37. The van der Waals surface area contributed by atoms with Gasteiger partial charge < -0.3 is 20.8 Å². The Balaban J connectivity index is 2.54. The second-order valence-electron chi connectivity index (χ2n) is 2.51. The highest BCUT2D eigenvalue weighted by atomic mass is 16.5. The third-order valence-electron chi connectivity index (χ3n) is 1.48. The minimum Gasteiger partial charge on any atom is -0.468 e. The lowest BCUT2D eigenvalue weighted by atomic mass is 10.6. The highest BCUT2D eigenvalue weighted by molar-refractivity contribution is 5.75. The van der Waals surface area contributed by atoms with Crippen LogP contribution in [0.1, 0.15) is 5.82 Å². The minimum absolute atomic E-state index is 0.0605. The number of H-pyrrole nitrogens is 1. The Morgan fingerprint density at radius 1 is 1.77 bits per heavy atom. The van der Waals surface area contributed by atoms with E-state index < -0.39 is 0 Å². The van der Waals surface area contributed by atoms with E-state index in [-0.39, 0.29) is 12.5 Å². The van der Waals surface area contributed by atoms with Crippen LogP contribution in [0.3, 0.4) is 0 Å². The Kier molecular flexibility index (Phi) is 2.73. The summed E-state index contributed by atoms with van der Waals surface area (Å²) >= 11 is 0. The summed E-state index contributed by atoms with van der Waals surface area (Å²) in [6, 6.07) is 0. The molecule has 0 atom stereocenters. The zero-order valence-corrected chi connectivity index (χ0v) is 7.55. The molecule has 0 aliphatic rings. The highest BCUT2D eigenvalue weighted by Gasteiger charge is 2.06. The average Bonchev–Trinajstić information content (AvgIpc) is 2.41. The number of carbonyl (C=O) groups is 1. The third kappa shape index (κ3) is 2.36. The van der Waals surface area contributed by atoms with Crippen LogP contribution in [0.15, 0.2) is 0 Å². The summed E-state index contributed by atoms with van der Waals surface area (Å²) in [4.78, 5) is 17.6. The summed E-state index contributed by atoms with van der Waals surface area (Å²) < 4.78 is 4.44. The number of nitrogen functional groups attached to an aromatic ring is 1. The highest BCUT2D eigenvalue weighted by Crippen LogP contribution is 2.12. The molecular weight excluding hydrogens is 172 g/mol. The molecule has 1 heterocycles. The Morgan fingerprint density at radius 3 is 2.92 bits per heavy atom. The predicted molar refractivity (Wildman–Crippen MR) is 48.2 cm³/mol. The minimum atomic E-state index is -0.361. The summed E-state index contributed by atoms with van der Waals surface area (Å²) in [5.74, 6) is 1.23. The number of imidazole rings is 1. The van der Waals surface area contributed by atoms with Gasteiger partial charge in [0.25, 0.3) is 0 Å². The van der Waals surface area contributed by atoms with Crippen LogP contribution in [0, 0.1) is 6.92 Å². The number of hydrogen-bond donors (Lipinski definition) is 3. The number of aromatic amines is 1. The molecule has 0 amide bonds. The topological polar surface area (TPSA) is 93.0 Å². The van der Waals surface area contributed by atoms with E-state index in [2.05, 4.69) is 20.0 Å². The number of esters is 1. The molecule has 6 heteroatoms. The van der Waals surface area contributed by atoms with Crippen LogP contribution in [0.5, 0.6) is 0 Å². The zero-order chi connectivity index (χ0) is 9.84. The number of nitrogens with zero attached hydrogens (tertiary/aromatic N) is 1. The summed E-state index contributed by atoms with van der Waals surface area (Å²) in [5.41, 5.74) is 5.54. The fourth-order valence-corrected chi connectivity index (χ4v) is 0.873. The molecule has 1 rings (SSSR count). The number of aromatic nitrogens is 2. The maximum Gasteiger partial charge on any atom is 0.325 e. The Morgan fingerprint density at radius 2 is 2.46 bits per heavy atom. The standard InChI is InChI=1S/C7H12N4O2/c1-4-10-6(8)7(11-4)9-3-5(12)13-2/h9H,3,8H2,1-2H3,(H,10,11). The van der Waals surface area contributed by atoms with Crippen LogP contribution in [0.2, 0.25) is 0 Å². The van der Waals surface area contributed by atoms with E-state index in [4.69, 9.17) is 5.73 Å². The summed E-state index contributed by atoms with van der Waals surface area (Å²) in [6.07, 6.45) is 0. The molecule has 0 fully saturated rings. The average molecular weight is 184 g/mol. The lowest BCUT2D eigenvalue weighted by Crippen LogP contribution is -2.15. The first-order valence-corrected chi connectivity index (χ1v) is 3.76. The van der Waals surface area contributed by atoms with E-state index in [1.54, 1.807) is 6.92 Å². The van der Waals surface area contributed by atoms with Crippen LogP contribution >= 0.6 is 0 Å². The molecule has 13 heavy (non-hydrogen) atoms. The van der Waals surface area contributed by atoms with Crippen molar-refractivity contribution in [2.75, 3.05) is 24.7 Å². The molecule has 72 valence electrons. The number of ether oxygens (including phenoxy) is 1. The van der Waals surface area contributed by atoms with E-state index in [0.29, 0.717) is 17.5 Å². The van der Waals surface area contributed by atoms with Gasteiger partial charge in [-0.2, -0.15) is 0 Å². The van der Waals surface area contributed by atoms with Crippen molar-refractivity contribution in [3.05, 3.63) is 5.82 Å². The van der Waals surface area contributed by atoms with Gasteiger partial charge in [0.05, 0.1) is 7.11 Å². The fraction of sp³-hybridized carbons (Fsp3) is 0.429. The number of hydrogen-bond acceptors (Lipinski definition) is 5. The second kappa shape index (κ2) is 3.79. The van der Waals surface area contributed by atoms with Crippen molar-refractivity contribution in [3.8, 4) is 0 Å². The van der Waals surface area contributed by atoms with Gasteiger partial charge >= 0.3 is 5.97 Å². The molecule has 0 aliphatic carbocycles. The summed E-state index contributed by atoms with van der Waals surface area (Å²) in [6.45, 7) is 1.84. The van der Waals surface area contributed by atoms with Crippen LogP contribution < -0.4 is 11.1 Å². The molecular formula is C7H12N4O2. The normalized spacial score (nSPS) is 9.69. The molecule has 4 N–H and O–H groups in total. The molecule has 0 spiro atoms. The SMILES string of the molecule is COC(=O)CNc1nc(C)[nH]c1N. The van der Waals surface area contributed by atoms with E-state index >= 15 is 0 Å². The van der Waals surface area contributed by atoms with E-state index in [0.717, 1.165) is 0 Å². The van der Waals surface area contributed by atoms with Gasteiger partial charge in [-0.25, -0.2) is 4.98 Å². The van der Waals surface area contributed by atoms with Crippen LogP contribution in [0.4, 0.5) is 11.6 Å². The van der Waals surface area contributed by atoms with Crippen LogP contribution in [-0.2, 0) is 9.53 Å². The van der Waals surface area contributed by atoms with Crippen molar-refractivity contribution in [2.45, 2.75) is 6.92 Å². The van der Waals surface area contributed by atoms with Crippen molar-refractivity contribution in [1.29, 1.82) is 0 Å². The molecule has 0 saturated heterocycles. The monoisotopic (exact) mass is 184 g/mol. The maximum atomic E-state index is 10.7. The van der Waals surface area contributed by atoms with Crippen LogP contribution in [0.25, 0.3) is 0 Å². The quantitative estimate of drug-likeness (QED) is 0.570. The van der Waals surface area contributed by atoms with Gasteiger partial charge in [-0.05, 0) is 6.92 Å². The van der Waals surface area contributed by atoms with Crippen molar-refractivity contribution < 1.29 is 9.53 Å². The number of aryl methyl sites for hydroxylation is 1. The lowest BCUT2D eigenvalue weighted by molar-refractivity contribution is -0.138. The van der Waals surface area contributed by atoms with Crippen molar-refractivity contribution >= 4 is 17.6 Å². The van der Waals surface area contributed by atoms with Crippen molar-refractivity contribution in [3.63, 3.8) is 0 Å². The molecule has 0 unspecified atom stereocenters. The van der Waals surface area contributed by atoms with Gasteiger partial charge in [0.15, 0.2) is 5.82 Å². The first-order chi connectivity index (χ1) is 6.13. The largest absolute Gasteiger partial charge is 0.468 e. The molecule has 0 aliphatic heterocycles. The van der Waals surface area contributed by atoms with E-state index in [9.17, 15) is 4.79 Å². The Labute approximate surface area is 75.5 Å². The van der Waals surface area contributed by atoms with E-state index in [1.807, 2.05) is 0 Å². The van der Waals surface area contributed by atoms with Gasteiger partial charge in [-0.1, -0.05) is 0 Å². The number of rotatable bonds is 3. The lowest BCUT2D eigenvalue weighted by Gasteiger charge is -2.01. The smallest absolute Gasteiger partial charge is 0.325 e. The van der Waals surface area contributed by atoms with E-state index in [1.165, 1.54) is 7.11 Å². The molecule has 0 aromatic carbocycles. The van der Waals surface area contributed by atoms with Crippen molar-refractivity contribution in [2.24, 2.45) is 0 Å². The van der Waals surface area contributed by atoms with Crippen LogP contribution in [-0.4, -0.2) is 29.6 Å². The number of carbonyl (C=O) groups excluding carboxylic acids is 1. The summed E-state index contributed by atoms with van der Waals surface area (Å²) in [5, 5.41) is 2.74. The first-order valence-electron chi connectivity index (χ1n) is 3.76. The Hall–Kier alpha value is -1.72. The number of methoxy groups -OCH3 is 1. The zero-order valence-electron chi connectivity index (χ0n) is 7.55.